The molecule has 156 valence electrons. The number of benzene rings is 2. The number of hydrogen-bond donors (Lipinski definition) is 1. The SMILES string of the molecule is CC[C@@H](C)NC(=O)[C@@H](C)N(CCc1ccccc1)C(=O)COc1ccccc1Cl. The van der Waals surface area contributed by atoms with Crippen LogP contribution in [0.3, 0.4) is 0 Å². The lowest BCUT2D eigenvalue weighted by Crippen LogP contribution is -2.51. The number of carbonyl (C=O) groups is 2. The van der Waals surface area contributed by atoms with Crippen molar-refractivity contribution >= 4 is 23.4 Å². The van der Waals surface area contributed by atoms with Gasteiger partial charge in [-0.25, -0.2) is 0 Å². The highest BCUT2D eigenvalue weighted by molar-refractivity contribution is 6.32. The molecule has 2 rings (SSSR count). The molecule has 0 unspecified atom stereocenters. The Balaban J connectivity index is 2.08. The van der Waals surface area contributed by atoms with E-state index in [-0.39, 0.29) is 24.5 Å². The second-order valence-electron chi connectivity index (χ2n) is 7.04. The average Bonchev–Trinajstić information content (AvgIpc) is 2.73. The Labute approximate surface area is 178 Å². The Kier molecular flexibility index (Phi) is 9.00. The zero-order valence-electron chi connectivity index (χ0n) is 17.2. The third kappa shape index (κ3) is 7.09. The summed E-state index contributed by atoms with van der Waals surface area (Å²) in [5.41, 5.74) is 1.10. The van der Waals surface area contributed by atoms with Crippen LogP contribution in [-0.2, 0) is 16.0 Å². The Hall–Kier alpha value is -2.53. The zero-order valence-corrected chi connectivity index (χ0v) is 18.0. The van der Waals surface area contributed by atoms with Crippen molar-refractivity contribution in [1.82, 2.24) is 10.2 Å². The predicted octanol–water partition coefficient (Wildman–Crippen LogP) is 4.09. The fourth-order valence-electron chi connectivity index (χ4n) is 2.82. The molecule has 2 amide bonds. The lowest BCUT2D eigenvalue weighted by Gasteiger charge is -2.29. The van der Waals surface area contributed by atoms with Crippen LogP contribution in [0.2, 0.25) is 5.02 Å². The normalized spacial score (nSPS) is 12.7. The van der Waals surface area contributed by atoms with Gasteiger partial charge in [-0.2, -0.15) is 0 Å². The first kappa shape index (κ1) is 22.8. The lowest BCUT2D eigenvalue weighted by molar-refractivity contribution is -0.141. The molecule has 0 saturated carbocycles. The van der Waals surface area contributed by atoms with Crippen molar-refractivity contribution in [1.29, 1.82) is 0 Å². The highest BCUT2D eigenvalue weighted by Gasteiger charge is 2.26. The summed E-state index contributed by atoms with van der Waals surface area (Å²) < 4.78 is 5.61. The van der Waals surface area contributed by atoms with Crippen molar-refractivity contribution < 1.29 is 14.3 Å². The molecule has 2 atom stereocenters. The number of rotatable bonds is 10. The summed E-state index contributed by atoms with van der Waals surface area (Å²) in [6.45, 7) is 5.94. The summed E-state index contributed by atoms with van der Waals surface area (Å²) in [7, 11) is 0. The van der Waals surface area contributed by atoms with E-state index in [1.807, 2.05) is 44.2 Å². The molecule has 0 spiro atoms. The minimum atomic E-state index is -0.602. The van der Waals surface area contributed by atoms with Crippen molar-refractivity contribution in [3.8, 4) is 5.75 Å². The number of hydrogen-bond acceptors (Lipinski definition) is 3. The summed E-state index contributed by atoms with van der Waals surface area (Å²) in [6.07, 6.45) is 1.48. The summed E-state index contributed by atoms with van der Waals surface area (Å²) in [6, 6.07) is 16.3. The number of nitrogens with zero attached hydrogens (tertiary/aromatic N) is 1. The van der Waals surface area contributed by atoms with E-state index in [4.69, 9.17) is 16.3 Å². The highest BCUT2D eigenvalue weighted by atomic mass is 35.5. The lowest BCUT2D eigenvalue weighted by atomic mass is 10.1. The first-order chi connectivity index (χ1) is 13.9. The zero-order chi connectivity index (χ0) is 21.2. The first-order valence-electron chi connectivity index (χ1n) is 9.93. The number of halogens is 1. The minimum Gasteiger partial charge on any atom is -0.482 e. The highest BCUT2D eigenvalue weighted by Crippen LogP contribution is 2.23. The van der Waals surface area contributed by atoms with E-state index in [9.17, 15) is 9.59 Å². The number of nitrogens with one attached hydrogen (secondary N) is 1. The molecule has 0 fully saturated rings. The largest absolute Gasteiger partial charge is 0.482 e. The van der Waals surface area contributed by atoms with Gasteiger partial charge in [-0.05, 0) is 44.4 Å². The molecule has 1 N–H and O–H groups in total. The van der Waals surface area contributed by atoms with Crippen molar-refractivity contribution in [3.05, 3.63) is 65.2 Å². The topological polar surface area (TPSA) is 58.6 Å². The van der Waals surface area contributed by atoms with E-state index in [1.54, 1.807) is 36.1 Å². The van der Waals surface area contributed by atoms with Crippen molar-refractivity contribution in [2.24, 2.45) is 0 Å². The van der Waals surface area contributed by atoms with Crippen LogP contribution in [0, 0.1) is 0 Å². The van der Waals surface area contributed by atoms with E-state index in [1.165, 1.54) is 0 Å². The molecule has 0 aromatic heterocycles. The molecule has 29 heavy (non-hydrogen) atoms. The Morgan fingerprint density at radius 1 is 1.07 bits per heavy atom. The summed E-state index contributed by atoms with van der Waals surface area (Å²) in [5.74, 6) is 0.0217. The molecule has 0 aliphatic carbocycles. The summed E-state index contributed by atoms with van der Waals surface area (Å²) >= 11 is 6.10. The Morgan fingerprint density at radius 3 is 2.38 bits per heavy atom. The Morgan fingerprint density at radius 2 is 1.72 bits per heavy atom. The van der Waals surface area contributed by atoms with Gasteiger partial charge in [0, 0.05) is 12.6 Å². The van der Waals surface area contributed by atoms with Crippen LogP contribution in [0.25, 0.3) is 0 Å². The smallest absolute Gasteiger partial charge is 0.261 e. The van der Waals surface area contributed by atoms with E-state index >= 15 is 0 Å². The molecule has 5 nitrogen and oxygen atoms in total. The van der Waals surface area contributed by atoms with Gasteiger partial charge in [0.15, 0.2) is 6.61 Å². The van der Waals surface area contributed by atoms with E-state index in [2.05, 4.69) is 5.32 Å². The predicted molar refractivity (Wildman–Crippen MR) is 116 cm³/mol. The molecule has 0 aliphatic rings. The molecule has 0 aliphatic heterocycles. The summed E-state index contributed by atoms with van der Waals surface area (Å²) in [5, 5.41) is 3.39. The maximum absolute atomic E-state index is 12.9. The molecule has 2 aromatic carbocycles. The number of ether oxygens (including phenoxy) is 1. The van der Waals surface area contributed by atoms with Crippen LogP contribution in [0.1, 0.15) is 32.8 Å². The van der Waals surface area contributed by atoms with Gasteiger partial charge in [0.1, 0.15) is 11.8 Å². The molecular formula is C23H29ClN2O3. The summed E-state index contributed by atoms with van der Waals surface area (Å²) in [4.78, 5) is 27.1. The quantitative estimate of drug-likeness (QED) is 0.634. The van der Waals surface area contributed by atoms with Crippen LogP contribution in [0.15, 0.2) is 54.6 Å². The Bertz CT molecular complexity index is 798. The molecule has 6 heteroatoms. The van der Waals surface area contributed by atoms with Crippen LogP contribution < -0.4 is 10.1 Å². The fraction of sp³-hybridized carbons (Fsp3) is 0.391. The molecule has 0 saturated heterocycles. The standard InChI is InChI=1S/C23H29ClN2O3/c1-4-17(2)25-23(28)18(3)26(15-14-19-10-6-5-7-11-19)22(27)16-29-21-13-9-8-12-20(21)24/h5-13,17-18H,4,14-16H2,1-3H3,(H,25,28)/t17-,18-/m1/s1. The van der Waals surface area contributed by atoms with Crippen molar-refractivity contribution in [2.75, 3.05) is 13.2 Å². The van der Waals surface area contributed by atoms with Crippen molar-refractivity contribution in [2.45, 2.75) is 45.7 Å². The van der Waals surface area contributed by atoms with Gasteiger partial charge in [0.05, 0.1) is 5.02 Å². The molecule has 2 aromatic rings. The second-order valence-corrected chi connectivity index (χ2v) is 7.44. The minimum absolute atomic E-state index is 0.0513. The van der Waals surface area contributed by atoms with Crippen LogP contribution in [-0.4, -0.2) is 41.9 Å². The van der Waals surface area contributed by atoms with E-state index < -0.39 is 6.04 Å². The maximum atomic E-state index is 12.9. The number of carbonyl (C=O) groups excluding carboxylic acids is 2. The van der Waals surface area contributed by atoms with Gasteiger partial charge < -0.3 is 15.0 Å². The van der Waals surface area contributed by atoms with Gasteiger partial charge in [-0.1, -0.05) is 61.0 Å². The number of para-hydroxylation sites is 1. The van der Waals surface area contributed by atoms with Gasteiger partial charge in [-0.3, -0.25) is 9.59 Å². The average molecular weight is 417 g/mol. The first-order valence-corrected chi connectivity index (χ1v) is 10.3. The molecule has 0 heterocycles. The van der Waals surface area contributed by atoms with E-state index in [0.29, 0.717) is 23.7 Å². The van der Waals surface area contributed by atoms with E-state index in [0.717, 1.165) is 12.0 Å². The molecular weight excluding hydrogens is 388 g/mol. The van der Waals surface area contributed by atoms with Gasteiger partial charge in [0.25, 0.3) is 5.91 Å². The third-order valence-electron chi connectivity index (χ3n) is 4.84. The monoisotopic (exact) mass is 416 g/mol. The van der Waals surface area contributed by atoms with Crippen LogP contribution >= 0.6 is 11.6 Å². The maximum Gasteiger partial charge on any atom is 0.261 e. The number of amides is 2. The molecule has 0 radical (unpaired) electrons. The van der Waals surface area contributed by atoms with Gasteiger partial charge in [0.2, 0.25) is 5.91 Å². The van der Waals surface area contributed by atoms with Crippen molar-refractivity contribution in [3.63, 3.8) is 0 Å². The van der Waals surface area contributed by atoms with Gasteiger partial charge >= 0.3 is 0 Å². The molecule has 0 bridgehead atoms. The fourth-order valence-corrected chi connectivity index (χ4v) is 3.01. The third-order valence-corrected chi connectivity index (χ3v) is 5.15. The van der Waals surface area contributed by atoms with Gasteiger partial charge in [-0.15, -0.1) is 0 Å². The van der Waals surface area contributed by atoms with Crippen LogP contribution in [0.5, 0.6) is 5.75 Å². The van der Waals surface area contributed by atoms with Crippen LogP contribution in [0.4, 0.5) is 0 Å². The second kappa shape index (κ2) is 11.5.